The van der Waals surface area contributed by atoms with E-state index in [9.17, 15) is 4.79 Å². The van der Waals surface area contributed by atoms with Gasteiger partial charge >= 0.3 is 0 Å². The molecule has 0 spiro atoms. The fourth-order valence-electron chi connectivity index (χ4n) is 1.45. The van der Waals surface area contributed by atoms with E-state index in [1.807, 2.05) is 11.8 Å². The molecule has 0 saturated carbocycles. The van der Waals surface area contributed by atoms with Crippen LogP contribution in [-0.4, -0.2) is 47.3 Å². The van der Waals surface area contributed by atoms with Crippen LogP contribution in [0.2, 0.25) is 0 Å². The number of nitrogens with zero attached hydrogens (tertiary/aromatic N) is 2. The highest BCUT2D eigenvalue weighted by atomic mass is 33.1. The van der Waals surface area contributed by atoms with Gasteiger partial charge in [0.1, 0.15) is 0 Å². The van der Waals surface area contributed by atoms with Gasteiger partial charge in [0.25, 0.3) is 0 Å². The molecule has 1 amide bonds. The van der Waals surface area contributed by atoms with Gasteiger partial charge in [-0.1, -0.05) is 17.7 Å². The Labute approximate surface area is 88.6 Å². The second-order valence-electron chi connectivity index (χ2n) is 3.16. The number of thiol groups is 1. The van der Waals surface area contributed by atoms with Gasteiger partial charge in [0.05, 0.1) is 11.9 Å². The van der Waals surface area contributed by atoms with Crippen molar-refractivity contribution in [2.45, 2.75) is 19.2 Å². The molecule has 0 bridgehead atoms. The van der Waals surface area contributed by atoms with Crippen LogP contribution >= 0.6 is 22.5 Å². The largest absolute Gasteiger partial charge is 0.328 e. The minimum Gasteiger partial charge on any atom is -0.328 e. The van der Waals surface area contributed by atoms with E-state index < -0.39 is 0 Å². The average molecular weight is 220 g/mol. The number of hydrogen-bond donors (Lipinski definition) is 1. The van der Waals surface area contributed by atoms with Crippen LogP contribution in [-0.2, 0) is 4.79 Å². The number of amides is 1. The van der Waals surface area contributed by atoms with E-state index in [1.165, 1.54) is 10.8 Å². The standard InChI is InChI=1S/C8H16N2OS2/c1-3-9-4-5-10(7(2)13-12)8(11)6-9/h7,12H,3-6H2,1-2H3. The highest BCUT2D eigenvalue weighted by Gasteiger charge is 2.26. The van der Waals surface area contributed by atoms with Gasteiger partial charge in [-0.25, -0.2) is 0 Å². The Morgan fingerprint density at radius 2 is 2.31 bits per heavy atom. The Bertz CT molecular complexity index is 189. The first-order chi connectivity index (χ1) is 6.19. The fourth-order valence-corrected chi connectivity index (χ4v) is 2.12. The topological polar surface area (TPSA) is 23.6 Å². The Morgan fingerprint density at radius 3 is 2.77 bits per heavy atom. The molecule has 5 heteroatoms. The molecule has 1 fully saturated rings. The molecular formula is C8H16N2OS2. The summed E-state index contributed by atoms with van der Waals surface area (Å²) < 4.78 is 0. The third-order valence-corrected chi connectivity index (χ3v) is 3.85. The quantitative estimate of drug-likeness (QED) is 0.568. The third-order valence-electron chi connectivity index (χ3n) is 2.38. The molecule has 1 saturated heterocycles. The third kappa shape index (κ3) is 2.79. The number of hydrogen-bond acceptors (Lipinski definition) is 4. The highest BCUT2D eigenvalue weighted by molar-refractivity contribution is 8.68. The lowest BCUT2D eigenvalue weighted by Gasteiger charge is -2.36. The fraction of sp³-hybridized carbons (Fsp3) is 0.875. The molecule has 1 aliphatic heterocycles. The van der Waals surface area contributed by atoms with Crippen molar-refractivity contribution >= 4 is 28.4 Å². The predicted octanol–water partition coefficient (Wildman–Crippen LogP) is 1.07. The SMILES string of the molecule is CCN1CCN(C(C)SS)C(=O)C1. The summed E-state index contributed by atoms with van der Waals surface area (Å²) in [4.78, 5) is 15.7. The zero-order valence-corrected chi connectivity index (χ0v) is 9.77. The van der Waals surface area contributed by atoms with Crippen molar-refractivity contribution < 1.29 is 4.79 Å². The maximum atomic E-state index is 11.6. The maximum absolute atomic E-state index is 11.6. The van der Waals surface area contributed by atoms with Crippen LogP contribution in [0.3, 0.4) is 0 Å². The van der Waals surface area contributed by atoms with Crippen molar-refractivity contribution in [3.63, 3.8) is 0 Å². The molecule has 0 aliphatic carbocycles. The highest BCUT2D eigenvalue weighted by Crippen LogP contribution is 2.20. The van der Waals surface area contributed by atoms with E-state index in [1.54, 1.807) is 0 Å². The van der Waals surface area contributed by atoms with Gasteiger partial charge in [0.15, 0.2) is 0 Å². The van der Waals surface area contributed by atoms with Gasteiger partial charge < -0.3 is 4.90 Å². The Morgan fingerprint density at radius 1 is 1.62 bits per heavy atom. The minimum atomic E-state index is 0.190. The van der Waals surface area contributed by atoms with Crippen molar-refractivity contribution in [2.24, 2.45) is 0 Å². The van der Waals surface area contributed by atoms with Crippen LogP contribution in [0.5, 0.6) is 0 Å². The van der Waals surface area contributed by atoms with E-state index in [0.29, 0.717) is 6.54 Å². The molecule has 0 N–H and O–H groups in total. The van der Waals surface area contributed by atoms with Crippen LogP contribution in [0, 0.1) is 0 Å². The lowest BCUT2D eigenvalue weighted by molar-refractivity contribution is -0.136. The molecule has 1 aliphatic rings. The molecule has 1 heterocycles. The van der Waals surface area contributed by atoms with Crippen LogP contribution in [0.1, 0.15) is 13.8 Å². The monoisotopic (exact) mass is 220 g/mol. The first-order valence-corrected chi connectivity index (χ1v) is 6.44. The van der Waals surface area contributed by atoms with E-state index >= 15 is 0 Å². The van der Waals surface area contributed by atoms with Crippen molar-refractivity contribution in [1.82, 2.24) is 9.80 Å². The average Bonchev–Trinajstić information content (AvgIpc) is 2.16. The van der Waals surface area contributed by atoms with E-state index in [2.05, 4.69) is 23.5 Å². The number of rotatable bonds is 3. The lowest BCUT2D eigenvalue weighted by atomic mass is 10.3. The van der Waals surface area contributed by atoms with E-state index in [-0.39, 0.29) is 11.3 Å². The molecule has 0 aromatic heterocycles. The summed E-state index contributed by atoms with van der Waals surface area (Å²) in [6, 6.07) is 0. The van der Waals surface area contributed by atoms with Crippen molar-refractivity contribution in [3.05, 3.63) is 0 Å². The van der Waals surface area contributed by atoms with Crippen molar-refractivity contribution in [2.75, 3.05) is 26.2 Å². The summed E-state index contributed by atoms with van der Waals surface area (Å²) in [5.74, 6) is 0.224. The van der Waals surface area contributed by atoms with E-state index in [0.717, 1.165) is 19.6 Å². The molecule has 0 aromatic rings. The Kier molecular flexibility index (Phi) is 4.41. The molecule has 1 atom stereocenters. The second kappa shape index (κ2) is 5.12. The summed E-state index contributed by atoms with van der Waals surface area (Å²) in [6.45, 7) is 7.44. The summed E-state index contributed by atoms with van der Waals surface area (Å²) in [6.07, 6.45) is 0. The first kappa shape index (κ1) is 11.2. The van der Waals surface area contributed by atoms with Gasteiger partial charge in [-0.15, -0.1) is 11.7 Å². The van der Waals surface area contributed by atoms with Crippen LogP contribution in [0.25, 0.3) is 0 Å². The van der Waals surface area contributed by atoms with Crippen LogP contribution in [0.15, 0.2) is 0 Å². The summed E-state index contributed by atoms with van der Waals surface area (Å²) in [5, 5.41) is 0.190. The van der Waals surface area contributed by atoms with Crippen molar-refractivity contribution in [3.8, 4) is 0 Å². The van der Waals surface area contributed by atoms with Crippen molar-refractivity contribution in [1.29, 1.82) is 0 Å². The smallest absolute Gasteiger partial charge is 0.237 e. The number of likely N-dealkylation sites (N-methyl/N-ethyl adjacent to an activating group) is 1. The van der Waals surface area contributed by atoms with Gasteiger partial charge in [-0.3, -0.25) is 9.69 Å². The Hall–Kier alpha value is 0.130. The zero-order chi connectivity index (χ0) is 9.84. The number of carbonyl (C=O) groups is 1. The lowest BCUT2D eigenvalue weighted by Crippen LogP contribution is -2.52. The van der Waals surface area contributed by atoms with Gasteiger partial charge in [0.2, 0.25) is 5.91 Å². The normalized spacial score (nSPS) is 22.1. The van der Waals surface area contributed by atoms with Gasteiger partial charge in [-0.2, -0.15) is 0 Å². The molecule has 76 valence electrons. The molecule has 13 heavy (non-hydrogen) atoms. The summed E-state index contributed by atoms with van der Waals surface area (Å²) >= 11 is 4.12. The molecule has 1 unspecified atom stereocenters. The van der Waals surface area contributed by atoms with Gasteiger partial charge in [-0.05, 0) is 13.5 Å². The predicted molar refractivity (Wildman–Crippen MR) is 59.9 cm³/mol. The maximum Gasteiger partial charge on any atom is 0.237 e. The molecule has 1 rings (SSSR count). The first-order valence-electron chi connectivity index (χ1n) is 4.51. The second-order valence-corrected chi connectivity index (χ2v) is 4.69. The van der Waals surface area contributed by atoms with Crippen LogP contribution in [0.4, 0.5) is 0 Å². The molecule has 3 nitrogen and oxygen atoms in total. The summed E-state index contributed by atoms with van der Waals surface area (Å²) in [7, 11) is 1.42. The molecular weight excluding hydrogens is 204 g/mol. The molecule has 0 aromatic carbocycles. The minimum absolute atomic E-state index is 0.190. The van der Waals surface area contributed by atoms with Gasteiger partial charge in [0, 0.05) is 13.1 Å². The number of carbonyl (C=O) groups excluding carboxylic acids is 1. The zero-order valence-electron chi connectivity index (χ0n) is 8.06. The van der Waals surface area contributed by atoms with E-state index in [4.69, 9.17) is 0 Å². The van der Waals surface area contributed by atoms with Crippen LogP contribution < -0.4 is 0 Å². The molecule has 0 radical (unpaired) electrons. The summed E-state index contributed by atoms with van der Waals surface area (Å²) in [5.41, 5.74) is 0. The number of piperazine rings is 1. The Balaban J connectivity index is 2.48.